The SMILES string of the molecule is CCOC[C@@H](O)CN1CCN(C(=O)c2c(C)[nH]c3ccccc23)CC1. The second kappa shape index (κ2) is 7.99. The van der Waals surface area contributed by atoms with Gasteiger partial charge in [0.25, 0.3) is 5.91 Å². The Labute approximate surface area is 148 Å². The Hall–Kier alpha value is -1.89. The quantitative estimate of drug-likeness (QED) is 0.835. The van der Waals surface area contributed by atoms with E-state index in [2.05, 4.69) is 9.88 Å². The third kappa shape index (κ3) is 4.03. The fourth-order valence-corrected chi connectivity index (χ4v) is 3.45. The molecule has 1 saturated heterocycles. The number of carbonyl (C=O) groups excluding carboxylic acids is 1. The Kier molecular flexibility index (Phi) is 5.73. The lowest BCUT2D eigenvalue weighted by atomic mass is 10.1. The van der Waals surface area contributed by atoms with E-state index in [0.717, 1.165) is 35.2 Å². The number of benzene rings is 1. The van der Waals surface area contributed by atoms with Crippen molar-refractivity contribution in [1.29, 1.82) is 0 Å². The number of carbonyl (C=O) groups is 1. The highest BCUT2D eigenvalue weighted by Gasteiger charge is 2.26. The predicted molar refractivity (Wildman–Crippen MR) is 97.9 cm³/mol. The van der Waals surface area contributed by atoms with Gasteiger partial charge in [0.2, 0.25) is 0 Å². The number of para-hydroxylation sites is 1. The Morgan fingerprint density at radius 1 is 1.28 bits per heavy atom. The van der Waals surface area contributed by atoms with E-state index in [9.17, 15) is 9.90 Å². The van der Waals surface area contributed by atoms with Crippen molar-refractivity contribution in [3.8, 4) is 0 Å². The molecule has 6 heteroatoms. The van der Waals surface area contributed by atoms with Gasteiger partial charge in [0, 0.05) is 55.9 Å². The summed E-state index contributed by atoms with van der Waals surface area (Å²) < 4.78 is 5.25. The Morgan fingerprint density at radius 3 is 2.72 bits per heavy atom. The average Bonchev–Trinajstić information content (AvgIpc) is 2.95. The minimum atomic E-state index is -0.474. The lowest BCUT2D eigenvalue weighted by Crippen LogP contribution is -2.50. The topological polar surface area (TPSA) is 68.8 Å². The molecule has 2 aromatic rings. The van der Waals surface area contributed by atoms with Crippen LogP contribution in [0.2, 0.25) is 0 Å². The molecule has 3 rings (SSSR count). The van der Waals surface area contributed by atoms with Crippen LogP contribution in [0.3, 0.4) is 0 Å². The summed E-state index contributed by atoms with van der Waals surface area (Å²) in [7, 11) is 0. The highest BCUT2D eigenvalue weighted by Crippen LogP contribution is 2.23. The number of piperazine rings is 1. The molecule has 0 aliphatic carbocycles. The van der Waals surface area contributed by atoms with Gasteiger partial charge in [-0.3, -0.25) is 9.69 Å². The molecule has 25 heavy (non-hydrogen) atoms. The zero-order valence-electron chi connectivity index (χ0n) is 15.0. The lowest BCUT2D eigenvalue weighted by Gasteiger charge is -2.35. The van der Waals surface area contributed by atoms with Crippen LogP contribution < -0.4 is 0 Å². The van der Waals surface area contributed by atoms with E-state index in [4.69, 9.17) is 4.74 Å². The van der Waals surface area contributed by atoms with E-state index >= 15 is 0 Å². The first kappa shape index (κ1) is 17.9. The Balaban J connectivity index is 1.61. The summed E-state index contributed by atoms with van der Waals surface area (Å²) in [6.45, 7) is 8.35. The Morgan fingerprint density at radius 2 is 2.00 bits per heavy atom. The number of hydrogen-bond acceptors (Lipinski definition) is 4. The Bertz CT molecular complexity index is 720. The van der Waals surface area contributed by atoms with E-state index < -0.39 is 6.10 Å². The number of nitrogens with zero attached hydrogens (tertiary/aromatic N) is 2. The van der Waals surface area contributed by atoms with Crippen molar-refractivity contribution >= 4 is 16.8 Å². The third-order valence-electron chi connectivity index (χ3n) is 4.75. The first-order chi connectivity index (χ1) is 12.1. The molecule has 1 aromatic carbocycles. The maximum Gasteiger partial charge on any atom is 0.256 e. The van der Waals surface area contributed by atoms with Gasteiger partial charge in [-0.25, -0.2) is 0 Å². The van der Waals surface area contributed by atoms with E-state index in [1.807, 2.05) is 43.0 Å². The van der Waals surface area contributed by atoms with E-state index in [1.165, 1.54) is 0 Å². The number of aromatic amines is 1. The molecule has 2 heterocycles. The van der Waals surface area contributed by atoms with Gasteiger partial charge in [-0.15, -0.1) is 0 Å². The van der Waals surface area contributed by atoms with Crippen LogP contribution in [0.4, 0.5) is 0 Å². The van der Waals surface area contributed by atoms with Gasteiger partial charge in [-0.1, -0.05) is 18.2 Å². The first-order valence-electron chi connectivity index (χ1n) is 8.95. The minimum absolute atomic E-state index is 0.0875. The molecule has 0 radical (unpaired) electrons. The van der Waals surface area contributed by atoms with Crippen molar-refractivity contribution in [3.63, 3.8) is 0 Å². The van der Waals surface area contributed by atoms with Crippen molar-refractivity contribution in [2.75, 3.05) is 45.9 Å². The summed E-state index contributed by atoms with van der Waals surface area (Å²) in [5.74, 6) is 0.0875. The van der Waals surface area contributed by atoms with Gasteiger partial charge in [-0.2, -0.15) is 0 Å². The van der Waals surface area contributed by atoms with E-state index in [0.29, 0.717) is 32.8 Å². The number of H-pyrrole nitrogens is 1. The molecule has 1 aliphatic rings. The fourth-order valence-electron chi connectivity index (χ4n) is 3.45. The van der Waals surface area contributed by atoms with Crippen molar-refractivity contribution in [3.05, 3.63) is 35.5 Å². The molecule has 0 bridgehead atoms. The van der Waals surface area contributed by atoms with Gasteiger partial charge in [0.1, 0.15) is 0 Å². The van der Waals surface area contributed by atoms with Crippen LogP contribution in [0, 0.1) is 6.92 Å². The second-order valence-corrected chi connectivity index (χ2v) is 6.58. The molecule has 1 aliphatic heterocycles. The van der Waals surface area contributed by atoms with Crippen LogP contribution in [0.15, 0.2) is 24.3 Å². The number of nitrogens with one attached hydrogen (secondary N) is 1. The summed E-state index contributed by atoms with van der Waals surface area (Å²) in [6, 6.07) is 7.92. The summed E-state index contributed by atoms with van der Waals surface area (Å²) >= 11 is 0. The molecule has 1 atom stereocenters. The van der Waals surface area contributed by atoms with Gasteiger partial charge in [0.15, 0.2) is 0 Å². The summed E-state index contributed by atoms with van der Waals surface area (Å²) in [5, 5.41) is 10.9. The number of β-amino-alcohol motifs (C(OH)–C–C–N with tert-alkyl or cyclic N) is 1. The molecular formula is C19H27N3O3. The largest absolute Gasteiger partial charge is 0.389 e. The highest BCUT2D eigenvalue weighted by molar-refractivity contribution is 6.08. The zero-order chi connectivity index (χ0) is 17.8. The summed E-state index contributed by atoms with van der Waals surface area (Å²) in [4.78, 5) is 20.4. The fraction of sp³-hybridized carbons (Fsp3) is 0.526. The standard InChI is InChI=1S/C19H27N3O3/c1-3-25-13-15(23)12-21-8-10-22(11-9-21)19(24)18-14(2)20-17-7-5-4-6-16(17)18/h4-7,15,20,23H,3,8-13H2,1-2H3/t15-/m0/s1. The molecule has 0 unspecified atom stereocenters. The molecule has 6 nitrogen and oxygen atoms in total. The number of aliphatic hydroxyl groups excluding tert-OH is 1. The number of rotatable bonds is 6. The zero-order valence-corrected chi connectivity index (χ0v) is 15.0. The molecule has 0 saturated carbocycles. The van der Waals surface area contributed by atoms with Gasteiger partial charge in [0.05, 0.1) is 18.3 Å². The predicted octanol–water partition coefficient (Wildman–Crippen LogP) is 1.63. The number of aromatic nitrogens is 1. The molecule has 1 aromatic heterocycles. The average molecular weight is 345 g/mol. The lowest BCUT2D eigenvalue weighted by molar-refractivity contribution is 0.0111. The first-order valence-corrected chi connectivity index (χ1v) is 8.95. The maximum absolute atomic E-state index is 13.0. The van der Waals surface area contributed by atoms with Crippen LogP contribution in [0.25, 0.3) is 10.9 Å². The summed E-state index contributed by atoms with van der Waals surface area (Å²) in [6.07, 6.45) is -0.474. The van der Waals surface area contributed by atoms with Crippen LogP contribution in [-0.4, -0.2) is 77.8 Å². The van der Waals surface area contributed by atoms with Crippen LogP contribution in [0.1, 0.15) is 23.0 Å². The molecule has 1 amide bonds. The third-order valence-corrected chi connectivity index (χ3v) is 4.75. The minimum Gasteiger partial charge on any atom is -0.389 e. The van der Waals surface area contributed by atoms with Crippen LogP contribution in [0.5, 0.6) is 0 Å². The summed E-state index contributed by atoms with van der Waals surface area (Å²) in [5.41, 5.74) is 2.70. The molecule has 136 valence electrons. The van der Waals surface area contributed by atoms with Crippen molar-refractivity contribution in [2.45, 2.75) is 20.0 Å². The van der Waals surface area contributed by atoms with Crippen molar-refractivity contribution < 1.29 is 14.6 Å². The highest BCUT2D eigenvalue weighted by atomic mass is 16.5. The normalized spacial score (nSPS) is 17.2. The smallest absolute Gasteiger partial charge is 0.256 e. The number of fused-ring (bicyclic) bond motifs is 1. The number of hydrogen-bond donors (Lipinski definition) is 2. The maximum atomic E-state index is 13.0. The van der Waals surface area contributed by atoms with Gasteiger partial charge < -0.3 is 19.7 Å². The van der Waals surface area contributed by atoms with Crippen molar-refractivity contribution in [2.24, 2.45) is 0 Å². The van der Waals surface area contributed by atoms with Gasteiger partial charge >= 0.3 is 0 Å². The second-order valence-electron chi connectivity index (χ2n) is 6.58. The van der Waals surface area contributed by atoms with E-state index in [1.54, 1.807) is 0 Å². The van der Waals surface area contributed by atoms with Crippen LogP contribution >= 0.6 is 0 Å². The van der Waals surface area contributed by atoms with Crippen molar-refractivity contribution in [1.82, 2.24) is 14.8 Å². The molecular weight excluding hydrogens is 318 g/mol. The number of aryl methyl sites for hydroxylation is 1. The number of ether oxygens (including phenoxy) is 1. The van der Waals surface area contributed by atoms with Gasteiger partial charge in [-0.05, 0) is 19.9 Å². The molecule has 1 fully saturated rings. The van der Waals surface area contributed by atoms with Crippen LogP contribution in [-0.2, 0) is 4.74 Å². The number of aliphatic hydroxyl groups is 1. The molecule has 0 spiro atoms. The monoisotopic (exact) mass is 345 g/mol. The van der Waals surface area contributed by atoms with E-state index in [-0.39, 0.29) is 5.91 Å². The molecule has 2 N–H and O–H groups in total. The number of amides is 1.